The largest absolute Gasteiger partial charge is 0.452 e. The number of aliphatic hydroxyl groups is 3. The van der Waals surface area contributed by atoms with Crippen molar-refractivity contribution in [3.05, 3.63) is 46.6 Å². The molecule has 0 aliphatic carbocycles. The molecular formula is C20H30O5. The number of esters is 1. The second-order valence-corrected chi connectivity index (χ2v) is 6.69. The summed E-state index contributed by atoms with van der Waals surface area (Å²) >= 11 is 0. The predicted molar refractivity (Wildman–Crippen MR) is 97.9 cm³/mol. The van der Waals surface area contributed by atoms with Gasteiger partial charge in [0.2, 0.25) is 0 Å². The fourth-order valence-corrected chi connectivity index (χ4v) is 2.56. The van der Waals surface area contributed by atoms with E-state index in [1.54, 1.807) is 18.2 Å². The molecule has 3 N–H and O–H groups in total. The van der Waals surface area contributed by atoms with Gasteiger partial charge in [-0.3, -0.25) is 0 Å². The van der Waals surface area contributed by atoms with Gasteiger partial charge >= 0.3 is 5.97 Å². The predicted octanol–water partition coefficient (Wildman–Crippen LogP) is 2.58. The molecule has 3 atom stereocenters. The summed E-state index contributed by atoms with van der Waals surface area (Å²) in [6, 6.07) is 0. The van der Waals surface area contributed by atoms with Gasteiger partial charge in [-0.05, 0) is 58.6 Å². The first-order chi connectivity index (χ1) is 11.8. The van der Waals surface area contributed by atoms with Crippen molar-refractivity contribution in [2.24, 2.45) is 0 Å². The van der Waals surface area contributed by atoms with Crippen molar-refractivity contribution in [1.29, 1.82) is 0 Å². The van der Waals surface area contributed by atoms with E-state index in [1.807, 2.05) is 33.8 Å². The van der Waals surface area contributed by atoms with Crippen LogP contribution in [0.15, 0.2) is 46.6 Å². The Bertz CT molecular complexity index is 579. The van der Waals surface area contributed by atoms with Crippen LogP contribution in [0, 0.1) is 0 Å². The Morgan fingerprint density at radius 3 is 2.52 bits per heavy atom. The van der Waals surface area contributed by atoms with Gasteiger partial charge in [0.05, 0.1) is 18.3 Å². The summed E-state index contributed by atoms with van der Waals surface area (Å²) in [5.74, 6) is -0.534. The highest BCUT2D eigenvalue weighted by atomic mass is 16.6. The molecule has 0 amide bonds. The van der Waals surface area contributed by atoms with Gasteiger partial charge in [0.15, 0.2) is 6.10 Å². The van der Waals surface area contributed by atoms with E-state index < -0.39 is 24.3 Å². The molecule has 1 aliphatic heterocycles. The first kappa shape index (κ1) is 21.4. The standard InChI is InChI=1S/C20H30O5/c1-13(2)12-18-19(23)16(20(24)25-18)8-9-17(22)15(4)7-5-6-14(3)10-11-21/h7-8,10,12,17-19,21-23H,5-6,9,11H2,1-4H3/b14-10-,15-7+,16-8+/t17-,18-,19+/m1/s1. The van der Waals surface area contributed by atoms with E-state index in [0.29, 0.717) is 0 Å². The number of ether oxygens (including phenoxy) is 1. The zero-order valence-corrected chi connectivity index (χ0v) is 15.5. The Morgan fingerprint density at radius 1 is 1.24 bits per heavy atom. The van der Waals surface area contributed by atoms with Gasteiger partial charge in [0.1, 0.15) is 6.10 Å². The van der Waals surface area contributed by atoms with E-state index >= 15 is 0 Å². The Morgan fingerprint density at radius 2 is 1.92 bits per heavy atom. The molecule has 140 valence electrons. The Kier molecular flexibility index (Phi) is 8.83. The number of carbonyl (C=O) groups excluding carboxylic acids is 1. The van der Waals surface area contributed by atoms with Crippen molar-refractivity contribution in [1.82, 2.24) is 0 Å². The van der Waals surface area contributed by atoms with E-state index in [-0.39, 0.29) is 18.6 Å². The maximum absolute atomic E-state index is 11.9. The summed E-state index contributed by atoms with van der Waals surface area (Å²) in [6.45, 7) is 7.58. The molecule has 25 heavy (non-hydrogen) atoms. The summed E-state index contributed by atoms with van der Waals surface area (Å²) < 4.78 is 5.15. The highest BCUT2D eigenvalue weighted by Gasteiger charge is 2.37. The van der Waals surface area contributed by atoms with Crippen LogP contribution in [0.25, 0.3) is 0 Å². The Balaban J connectivity index is 2.63. The van der Waals surface area contributed by atoms with Crippen LogP contribution in [-0.4, -0.2) is 46.2 Å². The number of carbonyl (C=O) groups is 1. The lowest BCUT2D eigenvalue weighted by Gasteiger charge is -2.11. The number of rotatable bonds is 8. The maximum atomic E-state index is 11.9. The van der Waals surface area contributed by atoms with E-state index in [0.717, 1.165) is 29.6 Å². The highest BCUT2D eigenvalue weighted by molar-refractivity contribution is 5.92. The number of aliphatic hydroxyl groups excluding tert-OH is 3. The Hall–Kier alpha value is -1.69. The fourth-order valence-electron chi connectivity index (χ4n) is 2.56. The van der Waals surface area contributed by atoms with Gasteiger partial charge in [-0.25, -0.2) is 4.79 Å². The molecule has 0 bridgehead atoms. The molecule has 5 nitrogen and oxygen atoms in total. The number of hydrogen-bond donors (Lipinski definition) is 3. The van der Waals surface area contributed by atoms with Crippen molar-refractivity contribution in [2.45, 2.75) is 65.3 Å². The molecule has 1 rings (SSSR count). The van der Waals surface area contributed by atoms with Gasteiger partial charge < -0.3 is 20.1 Å². The highest BCUT2D eigenvalue weighted by Crippen LogP contribution is 2.24. The molecule has 1 saturated heterocycles. The van der Waals surface area contributed by atoms with E-state index in [1.165, 1.54) is 0 Å². The van der Waals surface area contributed by atoms with Crippen LogP contribution in [-0.2, 0) is 9.53 Å². The molecular weight excluding hydrogens is 320 g/mol. The summed E-state index contributed by atoms with van der Waals surface area (Å²) in [5.41, 5.74) is 3.08. The van der Waals surface area contributed by atoms with Crippen LogP contribution in [0.5, 0.6) is 0 Å². The third-order valence-electron chi connectivity index (χ3n) is 4.14. The fraction of sp³-hybridized carbons (Fsp3) is 0.550. The van der Waals surface area contributed by atoms with Crippen molar-refractivity contribution in [3.8, 4) is 0 Å². The number of cyclic esters (lactones) is 1. The minimum absolute atomic E-state index is 0.0386. The molecule has 5 heteroatoms. The monoisotopic (exact) mass is 350 g/mol. The van der Waals surface area contributed by atoms with Gasteiger partial charge in [0, 0.05) is 0 Å². The van der Waals surface area contributed by atoms with Crippen LogP contribution < -0.4 is 0 Å². The molecule has 0 unspecified atom stereocenters. The lowest BCUT2D eigenvalue weighted by atomic mass is 10.0. The third kappa shape index (κ3) is 6.98. The second kappa shape index (κ2) is 10.3. The molecule has 0 radical (unpaired) electrons. The summed E-state index contributed by atoms with van der Waals surface area (Å²) in [5, 5.41) is 29.2. The molecule has 0 saturated carbocycles. The zero-order valence-electron chi connectivity index (χ0n) is 15.5. The van der Waals surface area contributed by atoms with Crippen molar-refractivity contribution in [2.75, 3.05) is 6.61 Å². The molecule has 1 heterocycles. The van der Waals surface area contributed by atoms with Crippen molar-refractivity contribution >= 4 is 5.97 Å². The lowest BCUT2D eigenvalue weighted by Crippen LogP contribution is -2.20. The van der Waals surface area contributed by atoms with Gasteiger partial charge in [-0.1, -0.05) is 29.4 Å². The molecule has 0 spiro atoms. The molecule has 0 aromatic heterocycles. The molecule has 0 aromatic rings. The summed E-state index contributed by atoms with van der Waals surface area (Å²) in [7, 11) is 0. The minimum Gasteiger partial charge on any atom is -0.452 e. The number of hydrogen-bond acceptors (Lipinski definition) is 5. The van der Waals surface area contributed by atoms with Crippen LogP contribution in [0.3, 0.4) is 0 Å². The van der Waals surface area contributed by atoms with E-state index in [4.69, 9.17) is 9.84 Å². The first-order valence-corrected chi connectivity index (χ1v) is 8.61. The van der Waals surface area contributed by atoms with Crippen LogP contribution >= 0.6 is 0 Å². The second-order valence-electron chi connectivity index (χ2n) is 6.69. The van der Waals surface area contributed by atoms with Crippen molar-refractivity contribution in [3.63, 3.8) is 0 Å². The minimum atomic E-state index is -0.995. The Labute approximate surface area is 150 Å². The van der Waals surface area contributed by atoms with E-state index in [9.17, 15) is 15.0 Å². The first-order valence-electron chi connectivity index (χ1n) is 8.61. The molecule has 1 aliphatic rings. The molecule has 0 aromatic carbocycles. The van der Waals surface area contributed by atoms with Gasteiger partial charge in [-0.15, -0.1) is 0 Å². The average Bonchev–Trinajstić information content (AvgIpc) is 2.78. The SMILES string of the molecule is CC(C)=C[C@H]1OC(=O)/C(=C/C[C@@H](O)/C(C)=C/CC/C(C)=C\CO)[C@@H]1O. The third-order valence-corrected chi connectivity index (χ3v) is 4.14. The normalized spacial score (nSPS) is 24.4. The van der Waals surface area contributed by atoms with E-state index in [2.05, 4.69) is 0 Å². The summed E-state index contributed by atoms with van der Waals surface area (Å²) in [4.78, 5) is 11.9. The van der Waals surface area contributed by atoms with Crippen molar-refractivity contribution < 1.29 is 24.9 Å². The van der Waals surface area contributed by atoms with Gasteiger partial charge in [0.25, 0.3) is 0 Å². The molecule has 1 fully saturated rings. The smallest absolute Gasteiger partial charge is 0.337 e. The van der Waals surface area contributed by atoms with Crippen LogP contribution in [0.2, 0.25) is 0 Å². The lowest BCUT2D eigenvalue weighted by molar-refractivity contribution is -0.137. The van der Waals surface area contributed by atoms with Gasteiger partial charge in [-0.2, -0.15) is 0 Å². The van der Waals surface area contributed by atoms with Crippen LogP contribution in [0.1, 0.15) is 47.0 Å². The number of allylic oxidation sites excluding steroid dienone is 3. The zero-order chi connectivity index (χ0) is 19.0. The summed E-state index contributed by atoms with van der Waals surface area (Å²) in [6.07, 6.45) is 6.47. The van der Waals surface area contributed by atoms with Crippen LogP contribution in [0.4, 0.5) is 0 Å². The maximum Gasteiger partial charge on any atom is 0.337 e. The average molecular weight is 350 g/mol. The topological polar surface area (TPSA) is 87.0 Å². The quantitative estimate of drug-likeness (QED) is 0.356.